The van der Waals surface area contributed by atoms with Gasteiger partial charge in [0.15, 0.2) is 0 Å². The second-order valence-corrected chi connectivity index (χ2v) is 8.02. The van der Waals surface area contributed by atoms with Crippen LogP contribution < -0.4 is 16.0 Å². The Hall–Kier alpha value is -3.32. The van der Waals surface area contributed by atoms with Crippen molar-refractivity contribution in [1.29, 1.82) is 0 Å². The van der Waals surface area contributed by atoms with E-state index in [1.54, 1.807) is 23.0 Å². The molecule has 31 heavy (non-hydrogen) atoms. The van der Waals surface area contributed by atoms with E-state index in [4.69, 9.17) is 17.3 Å². The number of benzene rings is 2. The second kappa shape index (κ2) is 9.22. The predicted octanol–water partition coefficient (Wildman–Crippen LogP) is 3.93. The maximum atomic E-state index is 12.9. The van der Waals surface area contributed by atoms with Crippen LogP contribution in [0.5, 0.6) is 0 Å². The van der Waals surface area contributed by atoms with Crippen molar-refractivity contribution in [3.05, 3.63) is 76.6 Å². The van der Waals surface area contributed by atoms with Crippen LogP contribution in [0.25, 0.3) is 0 Å². The highest BCUT2D eigenvalue weighted by atomic mass is 35.5. The number of primary amides is 1. The van der Waals surface area contributed by atoms with Crippen LogP contribution in [-0.2, 0) is 6.54 Å². The Labute approximate surface area is 185 Å². The normalized spacial score (nSPS) is 13.8. The van der Waals surface area contributed by atoms with Gasteiger partial charge in [0.2, 0.25) is 5.91 Å². The fourth-order valence-electron chi connectivity index (χ4n) is 3.76. The molecule has 2 heterocycles. The van der Waals surface area contributed by atoms with Crippen molar-refractivity contribution in [2.75, 3.05) is 23.3 Å². The first-order valence-electron chi connectivity index (χ1n) is 10.3. The van der Waals surface area contributed by atoms with Gasteiger partial charge in [-0.05, 0) is 49.1 Å². The lowest BCUT2D eigenvalue weighted by atomic mass is 10.1. The molecular formula is C23H24ClN5O2. The van der Waals surface area contributed by atoms with Gasteiger partial charge in [-0.2, -0.15) is 5.10 Å². The molecule has 0 bridgehead atoms. The van der Waals surface area contributed by atoms with E-state index in [0.29, 0.717) is 28.4 Å². The average Bonchev–Trinajstić information content (AvgIpc) is 3.25. The molecule has 4 rings (SSSR count). The lowest BCUT2D eigenvalue weighted by Gasteiger charge is -2.30. The zero-order valence-corrected chi connectivity index (χ0v) is 17.8. The highest BCUT2D eigenvalue weighted by molar-refractivity contribution is 6.31. The van der Waals surface area contributed by atoms with Crippen LogP contribution in [0.15, 0.2) is 54.9 Å². The SMILES string of the molecule is NC(=O)c1ccc(N2CCCCC2)c(NC(=O)c2cnn(Cc3ccccc3Cl)c2)c1. The maximum absolute atomic E-state index is 12.9. The number of halogens is 1. The molecule has 7 nitrogen and oxygen atoms in total. The summed E-state index contributed by atoms with van der Waals surface area (Å²) in [5.41, 5.74) is 8.60. The minimum atomic E-state index is -0.534. The molecule has 160 valence electrons. The number of hydrogen-bond acceptors (Lipinski definition) is 4. The van der Waals surface area contributed by atoms with Crippen molar-refractivity contribution in [1.82, 2.24) is 9.78 Å². The molecular weight excluding hydrogens is 414 g/mol. The lowest BCUT2D eigenvalue weighted by Crippen LogP contribution is -2.30. The van der Waals surface area contributed by atoms with Crippen molar-refractivity contribution in [3.8, 4) is 0 Å². The molecule has 1 saturated heterocycles. The largest absolute Gasteiger partial charge is 0.370 e. The molecule has 1 aliphatic heterocycles. The first-order valence-corrected chi connectivity index (χ1v) is 10.6. The summed E-state index contributed by atoms with van der Waals surface area (Å²) < 4.78 is 1.67. The summed E-state index contributed by atoms with van der Waals surface area (Å²) in [4.78, 5) is 26.8. The molecule has 2 amide bonds. The molecule has 0 spiro atoms. The lowest BCUT2D eigenvalue weighted by molar-refractivity contribution is 0.0996. The number of amides is 2. The predicted molar refractivity (Wildman–Crippen MR) is 122 cm³/mol. The minimum absolute atomic E-state index is 0.301. The standard InChI is InChI=1S/C23H24ClN5O2/c24-19-7-3-2-6-17(19)14-29-15-18(13-26-29)23(31)27-20-12-16(22(25)30)8-9-21(20)28-10-4-1-5-11-28/h2-3,6-9,12-13,15H,1,4-5,10-11,14H2,(H2,25,30)(H,27,31). The number of nitrogens with zero attached hydrogens (tertiary/aromatic N) is 3. The van der Waals surface area contributed by atoms with Crippen molar-refractivity contribution < 1.29 is 9.59 Å². The Bertz CT molecular complexity index is 1100. The van der Waals surface area contributed by atoms with Crippen molar-refractivity contribution in [2.45, 2.75) is 25.8 Å². The number of carbonyl (C=O) groups is 2. The molecule has 0 saturated carbocycles. The van der Waals surface area contributed by atoms with E-state index in [1.807, 2.05) is 30.3 Å². The van der Waals surface area contributed by atoms with Crippen molar-refractivity contribution in [3.63, 3.8) is 0 Å². The maximum Gasteiger partial charge on any atom is 0.258 e. The first-order chi connectivity index (χ1) is 15.0. The summed E-state index contributed by atoms with van der Waals surface area (Å²) in [5, 5.41) is 7.88. The highest BCUT2D eigenvalue weighted by Crippen LogP contribution is 2.30. The van der Waals surface area contributed by atoms with Crippen LogP contribution in [0, 0.1) is 0 Å². The van der Waals surface area contributed by atoms with E-state index in [-0.39, 0.29) is 5.91 Å². The third-order valence-corrected chi connectivity index (χ3v) is 5.78. The zero-order valence-electron chi connectivity index (χ0n) is 17.1. The zero-order chi connectivity index (χ0) is 21.8. The second-order valence-electron chi connectivity index (χ2n) is 7.62. The molecule has 0 unspecified atom stereocenters. The van der Waals surface area contributed by atoms with E-state index in [9.17, 15) is 9.59 Å². The van der Waals surface area contributed by atoms with Gasteiger partial charge >= 0.3 is 0 Å². The van der Waals surface area contributed by atoms with E-state index in [1.165, 1.54) is 12.6 Å². The van der Waals surface area contributed by atoms with E-state index in [2.05, 4.69) is 15.3 Å². The third kappa shape index (κ3) is 4.88. The Balaban J connectivity index is 1.55. The molecule has 3 N–H and O–H groups in total. The van der Waals surface area contributed by atoms with Gasteiger partial charge in [0, 0.05) is 29.9 Å². The van der Waals surface area contributed by atoms with Crippen LogP contribution in [0.4, 0.5) is 11.4 Å². The van der Waals surface area contributed by atoms with Gasteiger partial charge in [0.25, 0.3) is 5.91 Å². The summed E-state index contributed by atoms with van der Waals surface area (Å²) in [7, 11) is 0. The number of rotatable bonds is 6. The third-order valence-electron chi connectivity index (χ3n) is 5.41. The Morgan fingerprint density at radius 1 is 1.06 bits per heavy atom. The van der Waals surface area contributed by atoms with Gasteiger partial charge in [-0.25, -0.2) is 0 Å². The highest BCUT2D eigenvalue weighted by Gasteiger charge is 2.19. The summed E-state index contributed by atoms with van der Waals surface area (Å²) >= 11 is 6.22. The number of nitrogens with one attached hydrogen (secondary N) is 1. The quantitative estimate of drug-likeness (QED) is 0.611. The molecule has 2 aromatic carbocycles. The van der Waals surface area contributed by atoms with Crippen LogP contribution in [-0.4, -0.2) is 34.7 Å². The van der Waals surface area contributed by atoms with Gasteiger partial charge in [0.05, 0.1) is 29.7 Å². The Morgan fingerprint density at radius 2 is 1.84 bits per heavy atom. The molecule has 0 radical (unpaired) electrons. The van der Waals surface area contributed by atoms with Crippen molar-refractivity contribution in [2.24, 2.45) is 5.73 Å². The average molecular weight is 438 g/mol. The van der Waals surface area contributed by atoms with Crippen molar-refractivity contribution >= 4 is 34.8 Å². The van der Waals surface area contributed by atoms with E-state index >= 15 is 0 Å². The summed E-state index contributed by atoms with van der Waals surface area (Å²) in [6.45, 7) is 2.28. The molecule has 0 atom stereocenters. The van der Waals surface area contributed by atoms with Gasteiger partial charge in [-0.3, -0.25) is 14.3 Å². The van der Waals surface area contributed by atoms with E-state index in [0.717, 1.165) is 37.2 Å². The summed E-state index contributed by atoms with van der Waals surface area (Å²) in [6, 6.07) is 12.7. The van der Waals surface area contributed by atoms with Gasteiger partial charge in [-0.15, -0.1) is 0 Å². The molecule has 0 aliphatic carbocycles. The number of anilines is 2. The monoisotopic (exact) mass is 437 g/mol. The number of piperidine rings is 1. The minimum Gasteiger partial charge on any atom is -0.370 e. The molecule has 1 aliphatic rings. The smallest absolute Gasteiger partial charge is 0.258 e. The number of aromatic nitrogens is 2. The first kappa shape index (κ1) is 20.9. The number of nitrogens with two attached hydrogens (primary N) is 1. The summed E-state index contributed by atoms with van der Waals surface area (Å²) in [6.07, 6.45) is 6.59. The van der Waals surface area contributed by atoms with Gasteiger partial charge < -0.3 is 16.0 Å². The van der Waals surface area contributed by atoms with Crippen LogP contribution >= 0.6 is 11.6 Å². The molecule has 1 aromatic heterocycles. The molecule has 3 aromatic rings. The number of hydrogen-bond donors (Lipinski definition) is 2. The Kier molecular flexibility index (Phi) is 6.23. The van der Waals surface area contributed by atoms with Gasteiger partial charge in [0.1, 0.15) is 0 Å². The number of carbonyl (C=O) groups excluding carboxylic acids is 2. The van der Waals surface area contributed by atoms with Crippen LogP contribution in [0.2, 0.25) is 5.02 Å². The summed E-state index contributed by atoms with van der Waals surface area (Å²) in [5.74, 6) is -0.835. The fourth-order valence-corrected chi connectivity index (χ4v) is 3.96. The Morgan fingerprint density at radius 3 is 2.58 bits per heavy atom. The van der Waals surface area contributed by atoms with Crippen LogP contribution in [0.3, 0.4) is 0 Å². The topological polar surface area (TPSA) is 93.2 Å². The van der Waals surface area contributed by atoms with Crippen LogP contribution in [0.1, 0.15) is 45.5 Å². The van der Waals surface area contributed by atoms with E-state index < -0.39 is 5.91 Å². The molecule has 8 heteroatoms. The van der Waals surface area contributed by atoms with Gasteiger partial charge in [-0.1, -0.05) is 29.8 Å². The fraction of sp³-hybridized carbons (Fsp3) is 0.261. The molecule has 1 fully saturated rings.